The second-order valence-electron chi connectivity index (χ2n) is 7.18. The second-order valence-corrected chi connectivity index (χ2v) is 7.18. The van der Waals surface area contributed by atoms with Crippen molar-refractivity contribution in [2.75, 3.05) is 33.9 Å². The van der Waals surface area contributed by atoms with Gasteiger partial charge >= 0.3 is 0 Å². The molecule has 148 valence electrons. The number of allylic oxidation sites excluding steroid dienone is 2. The first kappa shape index (κ1) is 20.2. The molecule has 1 unspecified atom stereocenters. The van der Waals surface area contributed by atoms with E-state index < -0.39 is 0 Å². The topological polar surface area (TPSA) is 27.7 Å². The van der Waals surface area contributed by atoms with E-state index in [1.165, 1.54) is 16.7 Å². The number of benzene rings is 2. The highest BCUT2D eigenvalue weighted by molar-refractivity contribution is 5.74. The molecule has 0 bridgehead atoms. The van der Waals surface area contributed by atoms with Gasteiger partial charge in [-0.2, -0.15) is 0 Å². The first-order valence-corrected chi connectivity index (χ1v) is 9.98. The number of hydrogen-bond acceptors (Lipinski definition) is 4. The average molecular weight is 378 g/mol. The highest BCUT2D eigenvalue weighted by atomic mass is 16.5. The summed E-state index contributed by atoms with van der Waals surface area (Å²) < 4.78 is 5.46. The summed E-state index contributed by atoms with van der Waals surface area (Å²) in [4.78, 5) is 2.40. The Morgan fingerprint density at radius 1 is 1.00 bits per heavy atom. The van der Waals surface area contributed by atoms with Gasteiger partial charge in [0.15, 0.2) is 0 Å². The first-order chi connectivity index (χ1) is 13.8. The van der Waals surface area contributed by atoms with E-state index in [0.717, 1.165) is 25.9 Å². The number of likely N-dealkylation sites (N-methyl/N-ethyl adjacent to an activating group) is 1. The SMILES string of the molecule is COCC(c1ccccc1)N(C)CCCCN1C=C(c2ccccc2)C=CN1. The van der Waals surface area contributed by atoms with Crippen molar-refractivity contribution in [3.05, 3.63) is 90.3 Å². The molecular weight excluding hydrogens is 346 g/mol. The fourth-order valence-electron chi connectivity index (χ4n) is 3.51. The number of unbranched alkanes of at least 4 members (excludes halogenated alkanes) is 1. The lowest BCUT2D eigenvalue weighted by molar-refractivity contribution is 0.105. The van der Waals surface area contributed by atoms with Crippen LogP contribution < -0.4 is 5.43 Å². The Kier molecular flexibility index (Phi) is 7.71. The normalized spacial score (nSPS) is 14.7. The van der Waals surface area contributed by atoms with E-state index in [9.17, 15) is 0 Å². The van der Waals surface area contributed by atoms with Gasteiger partial charge in [0.2, 0.25) is 0 Å². The number of nitrogens with one attached hydrogen (secondary N) is 1. The zero-order valence-corrected chi connectivity index (χ0v) is 16.9. The van der Waals surface area contributed by atoms with E-state index >= 15 is 0 Å². The molecule has 1 heterocycles. The van der Waals surface area contributed by atoms with E-state index in [-0.39, 0.29) is 0 Å². The summed E-state index contributed by atoms with van der Waals surface area (Å²) in [6, 6.07) is 21.4. The molecular formula is C24H31N3O. The maximum Gasteiger partial charge on any atom is 0.0659 e. The van der Waals surface area contributed by atoms with Gasteiger partial charge in [-0.25, -0.2) is 0 Å². The molecule has 0 radical (unpaired) electrons. The Morgan fingerprint density at radius 2 is 1.71 bits per heavy atom. The van der Waals surface area contributed by atoms with Crippen molar-refractivity contribution in [2.24, 2.45) is 0 Å². The molecule has 1 N–H and O–H groups in total. The predicted octanol–water partition coefficient (Wildman–Crippen LogP) is 4.46. The van der Waals surface area contributed by atoms with Crippen LogP contribution in [0.4, 0.5) is 0 Å². The van der Waals surface area contributed by atoms with Crippen molar-refractivity contribution in [3.63, 3.8) is 0 Å². The molecule has 0 spiro atoms. The third-order valence-electron chi connectivity index (χ3n) is 5.11. The average Bonchev–Trinajstić information content (AvgIpc) is 2.76. The van der Waals surface area contributed by atoms with Gasteiger partial charge in [-0.1, -0.05) is 60.7 Å². The van der Waals surface area contributed by atoms with E-state index in [0.29, 0.717) is 12.6 Å². The summed E-state index contributed by atoms with van der Waals surface area (Å²) in [6.07, 6.45) is 8.59. The quantitative estimate of drug-likeness (QED) is 0.619. The van der Waals surface area contributed by atoms with Crippen molar-refractivity contribution in [1.82, 2.24) is 15.3 Å². The van der Waals surface area contributed by atoms with E-state index in [1.54, 1.807) is 7.11 Å². The van der Waals surface area contributed by atoms with Crippen LogP contribution in [0.5, 0.6) is 0 Å². The molecule has 1 atom stereocenters. The number of ether oxygens (including phenoxy) is 1. The molecule has 0 saturated heterocycles. The molecule has 3 rings (SSSR count). The van der Waals surface area contributed by atoms with Crippen molar-refractivity contribution in [1.29, 1.82) is 0 Å². The smallest absolute Gasteiger partial charge is 0.0659 e. The Morgan fingerprint density at radius 3 is 2.43 bits per heavy atom. The van der Waals surface area contributed by atoms with Crippen LogP contribution in [0.3, 0.4) is 0 Å². The number of methoxy groups -OCH3 is 1. The lowest BCUT2D eigenvalue weighted by Gasteiger charge is -2.29. The Balaban J connectivity index is 1.47. The molecule has 0 fully saturated rings. The number of rotatable bonds is 10. The predicted molar refractivity (Wildman–Crippen MR) is 116 cm³/mol. The molecule has 28 heavy (non-hydrogen) atoms. The van der Waals surface area contributed by atoms with Gasteiger partial charge in [-0.15, -0.1) is 0 Å². The van der Waals surface area contributed by atoms with Crippen LogP contribution in [0.2, 0.25) is 0 Å². The van der Waals surface area contributed by atoms with Gasteiger partial charge in [0, 0.05) is 31.6 Å². The molecule has 0 aliphatic carbocycles. The Bertz CT molecular complexity index is 758. The zero-order valence-electron chi connectivity index (χ0n) is 16.9. The second kappa shape index (κ2) is 10.7. The molecule has 4 nitrogen and oxygen atoms in total. The highest BCUT2D eigenvalue weighted by Crippen LogP contribution is 2.21. The largest absolute Gasteiger partial charge is 0.383 e. The Hall–Kier alpha value is -2.56. The van der Waals surface area contributed by atoms with E-state index in [1.807, 2.05) is 6.20 Å². The van der Waals surface area contributed by atoms with Gasteiger partial charge in [-0.05, 0) is 43.6 Å². The van der Waals surface area contributed by atoms with E-state index in [4.69, 9.17) is 4.74 Å². The van der Waals surface area contributed by atoms with Crippen LogP contribution in [0.1, 0.15) is 30.0 Å². The van der Waals surface area contributed by atoms with Crippen LogP contribution in [0.25, 0.3) is 5.57 Å². The minimum atomic E-state index is 0.298. The minimum absolute atomic E-state index is 0.298. The molecule has 4 heteroatoms. The van der Waals surface area contributed by atoms with Crippen molar-refractivity contribution >= 4 is 5.57 Å². The van der Waals surface area contributed by atoms with E-state index in [2.05, 4.69) is 95.3 Å². The third kappa shape index (κ3) is 5.72. The standard InChI is InChI=1S/C24H31N3O/c1-26(24(20-28-2)22-13-7-4-8-14-22)17-9-10-18-27-19-23(15-16-25-27)21-11-5-3-6-12-21/h3-8,11-16,19,24-25H,9-10,17-18,20H2,1-2H3. The molecule has 2 aromatic carbocycles. The number of nitrogens with zero attached hydrogens (tertiary/aromatic N) is 2. The minimum Gasteiger partial charge on any atom is -0.383 e. The fourth-order valence-corrected chi connectivity index (χ4v) is 3.51. The third-order valence-corrected chi connectivity index (χ3v) is 5.11. The summed E-state index contributed by atoms with van der Waals surface area (Å²) in [7, 11) is 3.96. The fraction of sp³-hybridized carbons (Fsp3) is 0.333. The van der Waals surface area contributed by atoms with Gasteiger partial charge in [0.05, 0.1) is 12.6 Å². The molecule has 2 aromatic rings. The molecule has 1 aliphatic heterocycles. The van der Waals surface area contributed by atoms with Gasteiger partial charge in [-0.3, -0.25) is 9.91 Å². The number of hydrazine groups is 1. The van der Waals surface area contributed by atoms with Crippen molar-refractivity contribution < 1.29 is 4.74 Å². The van der Waals surface area contributed by atoms with Crippen molar-refractivity contribution in [2.45, 2.75) is 18.9 Å². The molecule has 1 aliphatic rings. The maximum absolute atomic E-state index is 5.46. The Labute approximate surface area is 169 Å². The van der Waals surface area contributed by atoms with Crippen LogP contribution in [-0.2, 0) is 4.74 Å². The van der Waals surface area contributed by atoms with Gasteiger partial charge in [0.1, 0.15) is 0 Å². The monoisotopic (exact) mass is 377 g/mol. The summed E-state index contributed by atoms with van der Waals surface area (Å²) in [5.41, 5.74) is 7.11. The zero-order chi connectivity index (χ0) is 19.6. The van der Waals surface area contributed by atoms with Crippen LogP contribution in [-0.4, -0.2) is 43.8 Å². The molecule has 0 saturated carbocycles. The van der Waals surface area contributed by atoms with Gasteiger partial charge in [0.25, 0.3) is 0 Å². The highest BCUT2D eigenvalue weighted by Gasteiger charge is 2.16. The lowest BCUT2D eigenvalue weighted by Crippen LogP contribution is -2.33. The lowest BCUT2D eigenvalue weighted by atomic mass is 10.1. The maximum atomic E-state index is 5.46. The summed E-state index contributed by atoms with van der Waals surface area (Å²) in [6.45, 7) is 2.73. The summed E-state index contributed by atoms with van der Waals surface area (Å²) in [5, 5.41) is 2.17. The van der Waals surface area contributed by atoms with Crippen LogP contribution >= 0.6 is 0 Å². The van der Waals surface area contributed by atoms with Crippen molar-refractivity contribution in [3.8, 4) is 0 Å². The van der Waals surface area contributed by atoms with Crippen LogP contribution in [0, 0.1) is 0 Å². The molecule has 0 amide bonds. The van der Waals surface area contributed by atoms with Crippen LogP contribution in [0.15, 0.2) is 79.1 Å². The number of hydrogen-bond donors (Lipinski definition) is 1. The molecule has 0 aromatic heterocycles. The van der Waals surface area contributed by atoms with Gasteiger partial charge < -0.3 is 10.2 Å². The first-order valence-electron chi connectivity index (χ1n) is 9.98. The summed E-state index contributed by atoms with van der Waals surface area (Å²) >= 11 is 0. The summed E-state index contributed by atoms with van der Waals surface area (Å²) in [5.74, 6) is 0.